The van der Waals surface area contributed by atoms with E-state index in [1.54, 1.807) is 0 Å². The molecule has 0 spiro atoms. The van der Waals surface area contributed by atoms with Crippen LogP contribution in [-0.4, -0.2) is 29.7 Å². The summed E-state index contributed by atoms with van der Waals surface area (Å²) in [6.45, 7) is 5.86. The Morgan fingerprint density at radius 3 is 2.43 bits per heavy atom. The third kappa shape index (κ3) is 3.08. The molecule has 0 bridgehead atoms. The minimum atomic E-state index is -0.557. The monoisotopic (exact) mass is 200 g/mol. The van der Waals surface area contributed by atoms with Gasteiger partial charge in [-0.05, 0) is 26.7 Å². The summed E-state index contributed by atoms with van der Waals surface area (Å²) in [5, 5.41) is 9.10. The summed E-state index contributed by atoms with van der Waals surface area (Å²) < 4.78 is 11.2. The van der Waals surface area contributed by atoms with Crippen LogP contribution in [0.1, 0.15) is 33.6 Å². The van der Waals surface area contributed by atoms with Crippen molar-refractivity contribution in [2.75, 3.05) is 6.61 Å². The zero-order valence-corrected chi connectivity index (χ0v) is 9.19. The smallest absolute Gasteiger partial charge is 0.163 e. The van der Waals surface area contributed by atoms with Gasteiger partial charge in [0.15, 0.2) is 5.79 Å². The highest BCUT2D eigenvalue weighted by Gasteiger charge is 2.39. The van der Waals surface area contributed by atoms with Gasteiger partial charge in [-0.3, -0.25) is 0 Å². The molecule has 1 N–H and O–H groups in total. The first-order chi connectivity index (χ1) is 6.59. The standard InChI is InChI=1S/C11H20O3/c1-4-5-6-7-9-10(8-12)14-11(2,3)13-9/h5-6,9-10,12H,4,7-8H2,1-3H3/b6-5-/t9-,10+/m0/s1. The number of aliphatic hydroxyl groups excluding tert-OH is 1. The van der Waals surface area contributed by atoms with Crippen molar-refractivity contribution in [3.63, 3.8) is 0 Å². The summed E-state index contributed by atoms with van der Waals surface area (Å²) in [6.07, 6.45) is 5.81. The van der Waals surface area contributed by atoms with E-state index < -0.39 is 5.79 Å². The van der Waals surface area contributed by atoms with Gasteiger partial charge in [0.05, 0.1) is 12.7 Å². The van der Waals surface area contributed by atoms with Crippen molar-refractivity contribution in [2.24, 2.45) is 0 Å². The second-order valence-corrected chi connectivity index (χ2v) is 4.01. The summed E-state index contributed by atoms with van der Waals surface area (Å²) in [6, 6.07) is 0. The molecular weight excluding hydrogens is 180 g/mol. The molecule has 0 radical (unpaired) electrons. The van der Waals surface area contributed by atoms with E-state index in [4.69, 9.17) is 14.6 Å². The first-order valence-electron chi connectivity index (χ1n) is 5.20. The van der Waals surface area contributed by atoms with Crippen molar-refractivity contribution < 1.29 is 14.6 Å². The number of hydrogen-bond acceptors (Lipinski definition) is 3. The number of hydrogen-bond donors (Lipinski definition) is 1. The Kier molecular flexibility index (Phi) is 4.11. The highest BCUT2D eigenvalue weighted by Crippen LogP contribution is 2.29. The molecule has 0 saturated carbocycles. The predicted molar refractivity (Wildman–Crippen MR) is 55.0 cm³/mol. The lowest BCUT2D eigenvalue weighted by atomic mass is 10.1. The Balaban J connectivity index is 2.47. The lowest BCUT2D eigenvalue weighted by molar-refractivity contribution is -0.148. The second-order valence-electron chi connectivity index (χ2n) is 4.01. The molecule has 0 aromatic rings. The molecule has 3 heteroatoms. The van der Waals surface area contributed by atoms with Crippen LogP contribution in [0.2, 0.25) is 0 Å². The summed E-state index contributed by atoms with van der Waals surface area (Å²) in [5.41, 5.74) is 0. The fourth-order valence-corrected chi connectivity index (χ4v) is 1.66. The van der Waals surface area contributed by atoms with Crippen molar-refractivity contribution in [1.29, 1.82) is 0 Å². The largest absolute Gasteiger partial charge is 0.394 e. The van der Waals surface area contributed by atoms with E-state index in [9.17, 15) is 0 Å². The van der Waals surface area contributed by atoms with Crippen LogP contribution < -0.4 is 0 Å². The van der Waals surface area contributed by atoms with Crippen LogP contribution in [-0.2, 0) is 9.47 Å². The fourth-order valence-electron chi connectivity index (χ4n) is 1.66. The zero-order chi connectivity index (χ0) is 10.6. The van der Waals surface area contributed by atoms with Crippen molar-refractivity contribution in [3.05, 3.63) is 12.2 Å². The number of rotatable bonds is 4. The first kappa shape index (κ1) is 11.7. The molecule has 3 nitrogen and oxygen atoms in total. The molecule has 1 heterocycles. The lowest BCUT2D eigenvalue weighted by Crippen LogP contribution is -2.25. The summed E-state index contributed by atoms with van der Waals surface area (Å²) >= 11 is 0. The quantitative estimate of drug-likeness (QED) is 0.704. The van der Waals surface area contributed by atoms with E-state index in [1.807, 2.05) is 13.8 Å². The first-order valence-corrected chi connectivity index (χ1v) is 5.20. The molecule has 1 aliphatic heterocycles. The van der Waals surface area contributed by atoms with Crippen molar-refractivity contribution in [3.8, 4) is 0 Å². The maximum Gasteiger partial charge on any atom is 0.163 e. The van der Waals surface area contributed by atoms with Crippen molar-refractivity contribution in [1.82, 2.24) is 0 Å². The predicted octanol–water partition coefficient (Wildman–Crippen LogP) is 1.86. The molecule has 1 fully saturated rings. The molecule has 82 valence electrons. The third-order valence-corrected chi connectivity index (χ3v) is 2.24. The highest BCUT2D eigenvalue weighted by atomic mass is 16.8. The zero-order valence-electron chi connectivity index (χ0n) is 9.19. The van der Waals surface area contributed by atoms with Gasteiger partial charge in [0.2, 0.25) is 0 Å². The number of ether oxygens (including phenoxy) is 2. The topological polar surface area (TPSA) is 38.7 Å². The molecule has 1 rings (SSSR count). The van der Waals surface area contributed by atoms with Gasteiger partial charge in [-0.25, -0.2) is 0 Å². The van der Waals surface area contributed by atoms with Crippen LogP contribution in [0.4, 0.5) is 0 Å². The Morgan fingerprint density at radius 2 is 1.86 bits per heavy atom. The van der Waals surface area contributed by atoms with E-state index in [2.05, 4.69) is 19.1 Å². The van der Waals surface area contributed by atoms with Gasteiger partial charge < -0.3 is 14.6 Å². The Bertz CT molecular complexity index is 199. The average Bonchev–Trinajstić information content (AvgIpc) is 2.41. The highest BCUT2D eigenvalue weighted by molar-refractivity contribution is 4.90. The molecule has 1 aliphatic rings. The summed E-state index contributed by atoms with van der Waals surface area (Å²) in [7, 11) is 0. The third-order valence-electron chi connectivity index (χ3n) is 2.24. The Morgan fingerprint density at radius 1 is 1.21 bits per heavy atom. The molecule has 0 unspecified atom stereocenters. The van der Waals surface area contributed by atoms with Gasteiger partial charge >= 0.3 is 0 Å². The summed E-state index contributed by atoms with van der Waals surface area (Å²) in [5.74, 6) is -0.557. The van der Waals surface area contributed by atoms with Crippen LogP contribution >= 0.6 is 0 Å². The molecular formula is C11H20O3. The fraction of sp³-hybridized carbons (Fsp3) is 0.818. The number of allylic oxidation sites excluding steroid dienone is 1. The maximum atomic E-state index is 9.10. The average molecular weight is 200 g/mol. The van der Waals surface area contributed by atoms with Crippen LogP contribution in [0.5, 0.6) is 0 Å². The van der Waals surface area contributed by atoms with E-state index in [0.29, 0.717) is 0 Å². The molecule has 0 amide bonds. The van der Waals surface area contributed by atoms with Gasteiger partial charge in [0.25, 0.3) is 0 Å². The molecule has 2 atom stereocenters. The van der Waals surface area contributed by atoms with Gasteiger partial charge in [-0.1, -0.05) is 19.1 Å². The van der Waals surface area contributed by atoms with Gasteiger partial charge in [0.1, 0.15) is 6.10 Å². The van der Waals surface area contributed by atoms with Crippen LogP contribution in [0.25, 0.3) is 0 Å². The van der Waals surface area contributed by atoms with Gasteiger partial charge in [-0.15, -0.1) is 0 Å². The minimum Gasteiger partial charge on any atom is -0.394 e. The minimum absolute atomic E-state index is 0.0159. The second kappa shape index (κ2) is 4.91. The SMILES string of the molecule is CC/C=C\C[C@@H]1OC(C)(C)O[C@@H]1CO. The molecule has 14 heavy (non-hydrogen) atoms. The van der Waals surface area contributed by atoms with E-state index >= 15 is 0 Å². The van der Waals surface area contributed by atoms with Gasteiger partial charge in [0, 0.05) is 0 Å². The molecule has 0 aliphatic carbocycles. The van der Waals surface area contributed by atoms with Gasteiger partial charge in [-0.2, -0.15) is 0 Å². The van der Waals surface area contributed by atoms with E-state index in [1.165, 1.54) is 0 Å². The number of aliphatic hydroxyl groups is 1. The van der Waals surface area contributed by atoms with Crippen molar-refractivity contribution in [2.45, 2.75) is 51.6 Å². The Labute approximate surface area is 85.7 Å². The van der Waals surface area contributed by atoms with Crippen LogP contribution in [0, 0.1) is 0 Å². The van der Waals surface area contributed by atoms with Crippen LogP contribution in [0.15, 0.2) is 12.2 Å². The lowest BCUT2D eigenvalue weighted by Gasteiger charge is -2.16. The summed E-state index contributed by atoms with van der Waals surface area (Å²) in [4.78, 5) is 0. The maximum absolute atomic E-state index is 9.10. The molecule has 1 saturated heterocycles. The van der Waals surface area contributed by atoms with Crippen LogP contribution in [0.3, 0.4) is 0 Å². The normalized spacial score (nSPS) is 31.4. The molecule has 0 aromatic heterocycles. The van der Waals surface area contributed by atoms with E-state index in [0.717, 1.165) is 12.8 Å². The molecule has 0 aromatic carbocycles. The van der Waals surface area contributed by atoms with E-state index in [-0.39, 0.29) is 18.8 Å². The Hall–Kier alpha value is -0.380. The van der Waals surface area contributed by atoms with Crippen molar-refractivity contribution >= 4 is 0 Å².